The molecule has 0 unspecified atom stereocenters. The molecule has 0 atom stereocenters. The molecule has 0 saturated carbocycles. The van der Waals surface area contributed by atoms with Gasteiger partial charge in [-0.1, -0.05) is 49.4 Å². The lowest BCUT2D eigenvalue weighted by Crippen LogP contribution is -2.16. The summed E-state index contributed by atoms with van der Waals surface area (Å²) >= 11 is 0. The molecule has 3 aromatic carbocycles. The summed E-state index contributed by atoms with van der Waals surface area (Å²) in [5, 5.41) is 3.81. The van der Waals surface area contributed by atoms with Gasteiger partial charge in [0, 0.05) is 22.7 Å². The molecule has 154 valence electrons. The molecule has 1 aliphatic heterocycles. The predicted molar refractivity (Wildman–Crippen MR) is 122 cm³/mol. The van der Waals surface area contributed by atoms with Crippen LogP contribution in [0.3, 0.4) is 0 Å². The van der Waals surface area contributed by atoms with Gasteiger partial charge in [0.15, 0.2) is 11.5 Å². The Morgan fingerprint density at radius 1 is 0.935 bits per heavy atom. The zero-order valence-corrected chi connectivity index (χ0v) is 17.2. The first-order valence-electron chi connectivity index (χ1n) is 10.4. The third-order valence-corrected chi connectivity index (χ3v) is 5.42. The molecule has 2 heterocycles. The summed E-state index contributed by atoms with van der Waals surface area (Å²) in [6.45, 7) is 3.16. The van der Waals surface area contributed by atoms with E-state index in [-0.39, 0.29) is 5.91 Å². The number of hydrogen-bond acceptors (Lipinski definition) is 4. The largest absolute Gasteiger partial charge is 0.486 e. The number of hydrogen-bond donors (Lipinski definition) is 1. The number of anilines is 1. The molecule has 0 aliphatic carbocycles. The zero-order chi connectivity index (χ0) is 21.2. The maximum absolute atomic E-state index is 13.3. The minimum absolute atomic E-state index is 0.193. The molecule has 1 aromatic heterocycles. The molecule has 0 fully saturated rings. The quantitative estimate of drug-likeness (QED) is 0.483. The van der Waals surface area contributed by atoms with Crippen molar-refractivity contribution < 1.29 is 14.3 Å². The fraction of sp³-hybridized carbons (Fsp3) is 0.154. The van der Waals surface area contributed by atoms with E-state index in [9.17, 15) is 4.79 Å². The first-order chi connectivity index (χ1) is 15.2. The number of ether oxygens (including phenoxy) is 2. The van der Waals surface area contributed by atoms with Crippen molar-refractivity contribution in [1.82, 2.24) is 4.98 Å². The Hall–Kier alpha value is -3.86. The highest BCUT2D eigenvalue weighted by Crippen LogP contribution is 2.33. The highest BCUT2D eigenvalue weighted by Gasteiger charge is 2.16. The van der Waals surface area contributed by atoms with Gasteiger partial charge in [0.05, 0.1) is 16.8 Å². The number of carbonyl (C=O) groups is 1. The fourth-order valence-electron chi connectivity index (χ4n) is 3.74. The van der Waals surface area contributed by atoms with Crippen LogP contribution in [0.2, 0.25) is 0 Å². The molecule has 0 spiro atoms. The van der Waals surface area contributed by atoms with Crippen LogP contribution in [-0.4, -0.2) is 24.1 Å². The van der Waals surface area contributed by atoms with E-state index in [1.807, 2.05) is 42.5 Å². The highest BCUT2D eigenvalue weighted by molar-refractivity contribution is 6.13. The number of nitrogens with one attached hydrogen (secondary N) is 1. The smallest absolute Gasteiger partial charge is 0.256 e. The molecule has 1 N–H and O–H groups in total. The summed E-state index contributed by atoms with van der Waals surface area (Å²) in [4.78, 5) is 18.1. The standard InChI is InChI=1S/C26H22N2O3/c1-2-17-7-9-18(10-8-17)23-16-21(20-5-3-4-6-22(20)28-23)26(29)27-19-11-12-24-25(15-19)31-14-13-30-24/h3-12,15-16H,2,13-14H2,1H3,(H,27,29). The number of carbonyl (C=O) groups excluding carboxylic acids is 1. The molecule has 0 saturated heterocycles. The lowest BCUT2D eigenvalue weighted by atomic mass is 10.0. The molecular weight excluding hydrogens is 388 g/mol. The van der Waals surface area contributed by atoms with Gasteiger partial charge in [-0.15, -0.1) is 0 Å². The molecule has 0 radical (unpaired) electrons. The minimum atomic E-state index is -0.193. The second-order valence-electron chi connectivity index (χ2n) is 7.44. The lowest BCUT2D eigenvalue weighted by Gasteiger charge is -2.19. The van der Waals surface area contributed by atoms with Crippen molar-refractivity contribution in [3.63, 3.8) is 0 Å². The van der Waals surface area contributed by atoms with Crippen LogP contribution in [0.1, 0.15) is 22.8 Å². The Bertz CT molecular complexity index is 1270. The molecule has 4 aromatic rings. The van der Waals surface area contributed by atoms with Crippen LogP contribution >= 0.6 is 0 Å². The molecule has 0 bridgehead atoms. The first kappa shape index (κ1) is 19.1. The van der Waals surface area contributed by atoms with Gasteiger partial charge in [-0.2, -0.15) is 0 Å². The van der Waals surface area contributed by atoms with Crippen LogP contribution in [0, 0.1) is 0 Å². The van der Waals surface area contributed by atoms with Gasteiger partial charge in [0.25, 0.3) is 5.91 Å². The molecule has 31 heavy (non-hydrogen) atoms. The maximum atomic E-state index is 13.3. The van der Waals surface area contributed by atoms with Crippen molar-refractivity contribution in [3.05, 3.63) is 83.9 Å². The number of aromatic nitrogens is 1. The lowest BCUT2D eigenvalue weighted by molar-refractivity contribution is 0.102. The summed E-state index contributed by atoms with van der Waals surface area (Å²) in [6.07, 6.45) is 0.981. The van der Waals surface area contributed by atoms with Crippen LogP contribution in [-0.2, 0) is 6.42 Å². The summed E-state index contributed by atoms with van der Waals surface area (Å²) in [7, 11) is 0. The van der Waals surface area contributed by atoms with Crippen molar-refractivity contribution in [1.29, 1.82) is 0 Å². The van der Waals surface area contributed by atoms with Crippen LogP contribution in [0.4, 0.5) is 5.69 Å². The van der Waals surface area contributed by atoms with E-state index in [1.165, 1.54) is 5.56 Å². The monoisotopic (exact) mass is 410 g/mol. The second-order valence-corrected chi connectivity index (χ2v) is 7.44. The minimum Gasteiger partial charge on any atom is -0.486 e. The average molecular weight is 410 g/mol. The molecule has 1 aliphatic rings. The molecule has 5 nitrogen and oxygen atoms in total. The van der Waals surface area contributed by atoms with Gasteiger partial charge in [-0.25, -0.2) is 4.98 Å². The fourth-order valence-corrected chi connectivity index (χ4v) is 3.74. The molecule has 5 heteroatoms. The van der Waals surface area contributed by atoms with Gasteiger partial charge in [0.1, 0.15) is 13.2 Å². The SMILES string of the molecule is CCc1ccc(-c2cc(C(=O)Nc3ccc4c(c3)OCCO4)c3ccccc3n2)cc1. The van der Waals surface area contributed by atoms with Gasteiger partial charge in [-0.05, 0) is 36.2 Å². The molecule has 1 amide bonds. The molecule has 5 rings (SSSR count). The Labute approximate surface area is 180 Å². The van der Waals surface area contributed by atoms with E-state index in [2.05, 4.69) is 36.5 Å². The number of rotatable bonds is 4. The maximum Gasteiger partial charge on any atom is 0.256 e. The third-order valence-electron chi connectivity index (χ3n) is 5.42. The van der Waals surface area contributed by atoms with Crippen LogP contribution in [0.25, 0.3) is 22.2 Å². The Balaban J connectivity index is 1.52. The highest BCUT2D eigenvalue weighted by atomic mass is 16.6. The number of para-hydroxylation sites is 1. The van der Waals surface area contributed by atoms with Gasteiger partial charge >= 0.3 is 0 Å². The number of pyridine rings is 1. The average Bonchev–Trinajstić information content (AvgIpc) is 2.83. The predicted octanol–water partition coefficient (Wildman–Crippen LogP) is 5.49. The van der Waals surface area contributed by atoms with Crippen LogP contribution < -0.4 is 14.8 Å². The number of aryl methyl sites for hydroxylation is 1. The number of benzene rings is 3. The van der Waals surface area contributed by atoms with Crippen LogP contribution in [0.5, 0.6) is 11.5 Å². The van der Waals surface area contributed by atoms with E-state index in [0.717, 1.165) is 28.6 Å². The number of amides is 1. The van der Waals surface area contributed by atoms with E-state index >= 15 is 0 Å². The first-order valence-corrected chi connectivity index (χ1v) is 10.4. The Morgan fingerprint density at radius 2 is 1.71 bits per heavy atom. The van der Waals surface area contributed by atoms with Crippen LogP contribution in [0.15, 0.2) is 72.8 Å². The van der Waals surface area contributed by atoms with Gasteiger partial charge in [0.2, 0.25) is 0 Å². The third kappa shape index (κ3) is 3.82. The normalized spacial score (nSPS) is 12.5. The van der Waals surface area contributed by atoms with Crippen molar-refractivity contribution in [3.8, 4) is 22.8 Å². The van der Waals surface area contributed by atoms with Crippen molar-refractivity contribution in [2.45, 2.75) is 13.3 Å². The summed E-state index contributed by atoms with van der Waals surface area (Å²) in [6, 6.07) is 23.3. The zero-order valence-electron chi connectivity index (χ0n) is 17.2. The topological polar surface area (TPSA) is 60.5 Å². The van der Waals surface area contributed by atoms with Crippen molar-refractivity contribution in [2.24, 2.45) is 0 Å². The Kier molecular flexibility index (Phi) is 5.00. The number of nitrogens with zero attached hydrogens (tertiary/aromatic N) is 1. The summed E-state index contributed by atoms with van der Waals surface area (Å²) in [5.74, 6) is 1.14. The van der Waals surface area contributed by atoms with Gasteiger partial charge < -0.3 is 14.8 Å². The second kappa shape index (κ2) is 8.11. The summed E-state index contributed by atoms with van der Waals surface area (Å²) < 4.78 is 11.2. The van der Waals surface area contributed by atoms with E-state index in [1.54, 1.807) is 6.07 Å². The van der Waals surface area contributed by atoms with Crippen molar-refractivity contribution >= 4 is 22.5 Å². The van der Waals surface area contributed by atoms with E-state index < -0.39 is 0 Å². The molecular formula is C26H22N2O3. The van der Waals surface area contributed by atoms with E-state index in [0.29, 0.717) is 36.0 Å². The Morgan fingerprint density at radius 3 is 2.52 bits per heavy atom. The summed E-state index contributed by atoms with van der Waals surface area (Å²) in [5.41, 5.74) is 5.04. The van der Waals surface area contributed by atoms with E-state index in [4.69, 9.17) is 14.5 Å². The number of fused-ring (bicyclic) bond motifs is 2. The van der Waals surface area contributed by atoms with Gasteiger partial charge in [-0.3, -0.25) is 4.79 Å². The van der Waals surface area contributed by atoms with Crippen molar-refractivity contribution in [2.75, 3.05) is 18.5 Å².